The molecule has 27 heavy (non-hydrogen) atoms. The standard InChI is InChI=1S/C18H19F3N2O4/c1-23(12-13-6-3-4-8-15(13)27-18(19,20)21)17(24)14-7-5-9-22-16(14)26-11-10-25-2/h3-9H,10-12H2,1-2H3. The molecule has 0 aliphatic carbocycles. The molecule has 1 amide bonds. The number of alkyl halides is 3. The van der Waals surface area contributed by atoms with Crippen LogP contribution in [0.3, 0.4) is 0 Å². The van der Waals surface area contributed by atoms with Crippen molar-refractivity contribution in [3.8, 4) is 11.6 Å². The van der Waals surface area contributed by atoms with Gasteiger partial charge in [0.05, 0.1) is 6.61 Å². The zero-order valence-corrected chi connectivity index (χ0v) is 14.8. The fraction of sp³-hybridized carbons (Fsp3) is 0.333. The van der Waals surface area contributed by atoms with Crippen molar-refractivity contribution in [1.29, 1.82) is 0 Å². The van der Waals surface area contributed by atoms with Crippen molar-refractivity contribution in [3.63, 3.8) is 0 Å². The molecule has 0 spiro atoms. The van der Waals surface area contributed by atoms with Crippen LogP contribution >= 0.6 is 0 Å². The van der Waals surface area contributed by atoms with Crippen LogP contribution < -0.4 is 9.47 Å². The SMILES string of the molecule is COCCOc1ncccc1C(=O)N(C)Cc1ccccc1OC(F)(F)F. The average molecular weight is 384 g/mol. The van der Waals surface area contributed by atoms with Gasteiger partial charge in [-0.25, -0.2) is 4.98 Å². The van der Waals surface area contributed by atoms with Crippen LogP contribution in [0.1, 0.15) is 15.9 Å². The summed E-state index contributed by atoms with van der Waals surface area (Å²) >= 11 is 0. The lowest BCUT2D eigenvalue weighted by atomic mass is 10.1. The molecule has 2 rings (SSSR count). The maximum Gasteiger partial charge on any atom is 0.573 e. The Balaban J connectivity index is 2.15. The van der Waals surface area contributed by atoms with E-state index in [0.29, 0.717) is 6.61 Å². The van der Waals surface area contributed by atoms with E-state index in [1.165, 1.54) is 49.5 Å². The highest BCUT2D eigenvalue weighted by Gasteiger charge is 2.32. The summed E-state index contributed by atoms with van der Waals surface area (Å²) in [6.45, 7) is 0.444. The molecule has 0 N–H and O–H groups in total. The molecule has 9 heteroatoms. The van der Waals surface area contributed by atoms with Crippen molar-refractivity contribution >= 4 is 5.91 Å². The number of ether oxygens (including phenoxy) is 3. The third kappa shape index (κ3) is 6.14. The van der Waals surface area contributed by atoms with Gasteiger partial charge in [0.15, 0.2) is 0 Å². The number of amides is 1. The molecule has 1 aromatic heterocycles. The largest absolute Gasteiger partial charge is 0.573 e. The summed E-state index contributed by atoms with van der Waals surface area (Å²) in [5, 5.41) is 0. The lowest BCUT2D eigenvalue weighted by Crippen LogP contribution is -2.28. The molecule has 6 nitrogen and oxygen atoms in total. The summed E-state index contributed by atoms with van der Waals surface area (Å²) in [4.78, 5) is 18.0. The number of aromatic nitrogens is 1. The third-order valence-electron chi connectivity index (χ3n) is 3.48. The molecule has 146 valence electrons. The highest BCUT2D eigenvalue weighted by Crippen LogP contribution is 2.27. The maximum absolute atomic E-state index is 12.7. The van der Waals surface area contributed by atoms with Crippen LogP contribution in [0.4, 0.5) is 13.2 Å². The summed E-state index contributed by atoms with van der Waals surface area (Å²) in [6.07, 6.45) is -3.34. The summed E-state index contributed by atoms with van der Waals surface area (Å²) in [7, 11) is 2.99. The summed E-state index contributed by atoms with van der Waals surface area (Å²) in [6, 6.07) is 8.77. The number of rotatable bonds is 8. The first-order valence-corrected chi connectivity index (χ1v) is 7.97. The Bertz CT molecular complexity index is 768. The fourth-order valence-corrected chi connectivity index (χ4v) is 2.28. The Morgan fingerprint density at radius 1 is 1.15 bits per heavy atom. The van der Waals surface area contributed by atoms with Gasteiger partial charge in [0, 0.05) is 32.5 Å². The van der Waals surface area contributed by atoms with Gasteiger partial charge in [0.2, 0.25) is 5.88 Å². The van der Waals surface area contributed by atoms with Crippen molar-refractivity contribution in [2.24, 2.45) is 0 Å². The maximum atomic E-state index is 12.7. The molecule has 0 saturated heterocycles. The van der Waals surface area contributed by atoms with Gasteiger partial charge in [-0.3, -0.25) is 4.79 Å². The lowest BCUT2D eigenvalue weighted by Gasteiger charge is -2.20. The predicted octanol–water partition coefficient (Wildman–Crippen LogP) is 3.28. The predicted molar refractivity (Wildman–Crippen MR) is 90.5 cm³/mol. The normalized spacial score (nSPS) is 11.1. The summed E-state index contributed by atoms with van der Waals surface area (Å²) < 4.78 is 52.0. The van der Waals surface area contributed by atoms with Crippen molar-refractivity contribution in [2.45, 2.75) is 12.9 Å². The van der Waals surface area contributed by atoms with Crippen molar-refractivity contribution in [1.82, 2.24) is 9.88 Å². The molecule has 0 saturated carbocycles. The Morgan fingerprint density at radius 3 is 2.59 bits per heavy atom. The highest BCUT2D eigenvalue weighted by molar-refractivity contribution is 5.96. The Labute approximate surface area is 154 Å². The van der Waals surface area contributed by atoms with E-state index < -0.39 is 12.3 Å². The number of carbonyl (C=O) groups excluding carboxylic acids is 1. The van der Waals surface area contributed by atoms with E-state index in [-0.39, 0.29) is 35.9 Å². The van der Waals surface area contributed by atoms with E-state index in [1.54, 1.807) is 12.1 Å². The van der Waals surface area contributed by atoms with E-state index in [4.69, 9.17) is 9.47 Å². The zero-order valence-electron chi connectivity index (χ0n) is 14.8. The number of carbonyl (C=O) groups is 1. The minimum Gasteiger partial charge on any atom is -0.475 e. The average Bonchev–Trinajstić information content (AvgIpc) is 2.62. The topological polar surface area (TPSA) is 60.9 Å². The minimum atomic E-state index is -4.82. The van der Waals surface area contributed by atoms with Gasteiger partial charge < -0.3 is 19.1 Å². The van der Waals surface area contributed by atoms with Crippen LogP contribution in [-0.4, -0.2) is 49.5 Å². The molecular weight excluding hydrogens is 365 g/mol. The van der Waals surface area contributed by atoms with Gasteiger partial charge in [-0.15, -0.1) is 13.2 Å². The Kier molecular flexibility index (Phi) is 7.00. The molecule has 0 radical (unpaired) electrons. The number of hydrogen-bond acceptors (Lipinski definition) is 5. The number of para-hydroxylation sites is 1. The smallest absolute Gasteiger partial charge is 0.475 e. The van der Waals surface area contributed by atoms with Crippen molar-refractivity contribution in [2.75, 3.05) is 27.4 Å². The molecule has 0 aliphatic rings. The molecule has 0 atom stereocenters. The van der Waals surface area contributed by atoms with E-state index in [0.717, 1.165) is 0 Å². The monoisotopic (exact) mass is 384 g/mol. The van der Waals surface area contributed by atoms with Crippen LogP contribution in [-0.2, 0) is 11.3 Å². The second kappa shape index (κ2) is 9.22. The second-order valence-corrected chi connectivity index (χ2v) is 5.51. The number of pyridine rings is 1. The molecule has 0 fully saturated rings. The molecule has 1 heterocycles. The number of methoxy groups -OCH3 is 1. The molecule has 0 bridgehead atoms. The summed E-state index contributed by atoms with van der Waals surface area (Å²) in [5.41, 5.74) is 0.418. The lowest BCUT2D eigenvalue weighted by molar-refractivity contribution is -0.275. The second-order valence-electron chi connectivity index (χ2n) is 5.51. The first kappa shape index (κ1) is 20.5. The Hall–Kier alpha value is -2.81. The molecule has 1 aromatic carbocycles. The minimum absolute atomic E-state index is 0.0858. The van der Waals surface area contributed by atoms with Gasteiger partial charge in [0.1, 0.15) is 17.9 Å². The van der Waals surface area contributed by atoms with E-state index in [2.05, 4.69) is 9.72 Å². The summed E-state index contributed by atoms with van der Waals surface area (Å²) in [5.74, 6) is -0.670. The quantitative estimate of drug-likeness (QED) is 0.654. The van der Waals surface area contributed by atoms with Gasteiger partial charge >= 0.3 is 6.36 Å². The van der Waals surface area contributed by atoms with Crippen LogP contribution in [0.2, 0.25) is 0 Å². The van der Waals surface area contributed by atoms with Crippen LogP contribution in [0.5, 0.6) is 11.6 Å². The highest BCUT2D eigenvalue weighted by atomic mass is 19.4. The molecule has 0 unspecified atom stereocenters. The van der Waals surface area contributed by atoms with E-state index in [1.807, 2.05) is 0 Å². The first-order valence-electron chi connectivity index (χ1n) is 7.97. The number of nitrogens with zero attached hydrogens (tertiary/aromatic N) is 2. The molecule has 0 aliphatic heterocycles. The zero-order chi connectivity index (χ0) is 19.9. The van der Waals surface area contributed by atoms with Gasteiger partial charge in [0.25, 0.3) is 5.91 Å². The van der Waals surface area contributed by atoms with E-state index >= 15 is 0 Å². The Morgan fingerprint density at radius 2 is 1.89 bits per heavy atom. The van der Waals surface area contributed by atoms with Gasteiger partial charge in [-0.1, -0.05) is 18.2 Å². The third-order valence-corrected chi connectivity index (χ3v) is 3.48. The number of hydrogen-bond donors (Lipinski definition) is 0. The molecular formula is C18H19F3N2O4. The number of benzene rings is 1. The van der Waals surface area contributed by atoms with Gasteiger partial charge in [-0.2, -0.15) is 0 Å². The van der Waals surface area contributed by atoms with Crippen LogP contribution in [0, 0.1) is 0 Å². The van der Waals surface area contributed by atoms with Crippen molar-refractivity contribution < 1.29 is 32.2 Å². The van der Waals surface area contributed by atoms with E-state index in [9.17, 15) is 18.0 Å². The fourth-order valence-electron chi connectivity index (χ4n) is 2.28. The van der Waals surface area contributed by atoms with Crippen LogP contribution in [0.15, 0.2) is 42.6 Å². The number of halogens is 3. The molecule has 2 aromatic rings. The van der Waals surface area contributed by atoms with Crippen LogP contribution in [0.25, 0.3) is 0 Å². The van der Waals surface area contributed by atoms with Crippen molar-refractivity contribution in [3.05, 3.63) is 53.7 Å². The van der Waals surface area contributed by atoms with Gasteiger partial charge in [-0.05, 0) is 18.2 Å². The first-order chi connectivity index (χ1) is 12.8.